The average molecular weight is 212 g/mol. The van der Waals surface area contributed by atoms with Crippen LogP contribution in [0.1, 0.15) is 19.8 Å². The summed E-state index contributed by atoms with van der Waals surface area (Å²) in [6.07, 6.45) is 2.97. The summed E-state index contributed by atoms with van der Waals surface area (Å²) in [5, 5.41) is 0.652. The van der Waals surface area contributed by atoms with Crippen LogP contribution in [0, 0.1) is 0 Å². The molecule has 14 heavy (non-hydrogen) atoms. The summed E-state index contributed by atoms with van der Waals surface area (Å²) < 4.78 is 5.38. The van der Waals surface area contributed by atoms with Crippen LogP contribution in [0.15, 0.2) is 24.3 Å². The van der Waals surface area contributed by atoms with Crippen molar-refractivity contribution in [3.05, 3.63) is 29.3 Å². The van der Waals surface area contributed by atoms with E-state index in [1.54, 1.807) is 24.3 Å². The molecule has 0 saturated heterocycles. The fourth-order valence-corrected chi connectivity index (χ4v) is 1.21. The van der Waals surface area contributed by atoms with Gasteiger partial charge in [-0.05, 0) is 30.7 Å². The van der Waals surface area contributed by atoms with Gasteiger partial charge in [0.2, 0.25) is 6.29 Å². The molecule has 2 nitrogen and oxygen atoms in total. The second kappa shape index (κ2) is 5.66. The number of halogens is 1. The van der Waals surface area contributed by atoms with Crippen LogP contribution in [-0.4, -0.2) is 12.4 Å². The minimum absolute atomic E-state index is 0.471. The molecular weight excluding hydrogens is 200 g/mol. The second-order valence-corrected chi connectivity index (χ2v) is 3.40. The van der Waals surface area contributed by atoms with Gasteiger partial charge in [0.05, 0.1) is 0 Å². The van der Waals surface area contributed by atoms with Gasteiger partial charge in [0.25, 0.3) is 0 Å². The normalized spacial score (nSPS) is 12.1. The summed E-state index contributed by atoms with van der Waals surface area (Å²) in [6, 6.07) is 6.93. The van der Waals surface area contributed by atoms with E-state index in [0.717, 1.165) is 6.42 Å². The average Bonchev–Trinajstić information content (AvgIpc) is 2.20. The highest BCUT2D eigenvalue weighted by molar-refractivity contribution is 6.30. The smallest absolute Gasteiger partial charge is 0.242 e. The number of hydrogen-bond donors (Lipinski definition) is 0. The van der Waals surface area contributed by atoms with Crippen LogP contribution in [0.2, 0.25) is 5.02 Å². The topological polar surface area (TPSA) is 26.3 Å². The summed E-state index contributed by atoms with van der Waals surface area (Å²) in [7, 11) is 0. The molecule has 0 N–H and O–H groups in total. The summed E-state index contributed by atoms with van der Waals surface area (Å²) in [6.45, 7) is 2.00. The first kappa shape index (κ1) is 11.1. The lowest BCUT2D eigenvalue weighted by molar-refractivity contribution is 0.247. The third-order valence-electron chi connectivity index (χ3n) is 1.77. The third-order valence-corrected chi connectivity index (χ3v) is 2.03. The van der Waals surface area contributed by atoms with Crippen LogP contribution in [0.25, 0.3) is 0 Å². The van der Waals surface area contributed by atoms with E-state index < -0.39 is 6.10 Å². The molecule has 0 aliphatic heterocycles. The minimum Gasteiger partial charge on any atom is -0.482 e. The molecule has 0 bridgehead atoms. The molecule has 3 heteroatoms. The molecule has 0 spiro atoms. The van der Waals surface area contributed by atoms with Crippen LogP contribution in [-0.2, 0) is 4.79 Å². The lowest BCUT2D eigenvalue weighted by Crippen LogP contribution is -2.17. The van der Waals surface area contributed by atoms with E-state index in [1.165, 1.54) is 0 Å². The maximum Gasteiger partial charge on any atom is 0.242 e. The van der Waals surface area contributed by atoms with Crippen molar-refractivity contribution in [2.45, 2.75) is 25.9 Å². The van der Waals surface area contributed by atoms with E-state index in [0.29, 0.717) is 17.2 Å². The number of benzene rings is 1. The highest BCUT2D eigenvalue weighted by Crippen LogP contribution is 2.17. The second-order valence-electron chi connectivity index (χ2n) is 2.97. The van der Waals surface area contributed by atoms with Gasteiger partial charge in [0.1, 0.15) is 5.75 Å². The zero-order valence-corrected chi connectivity index (χ0v) is 8.75. The number of rotatable bonds is 5. The van der Waals surface area contributed by atoms with E-state index in [-0.39, 0.29) is 0 Å². The van der Waals surface area contributed by atoms with Crippen molar-refractivity contribution in [2.75, 3.05) is 0 Å². The molecule has 1 aromatic rings. The molecule has 1 aromatic carbocycles. The molecule has 0 aromatic heterocycles. The van der Waals surface area contributed by atoms with E-state index >= 15 is 0 Å². The van der Waals surface area contributed by atoms with Crippen molar-refractivity contribution in [2.24, 2.45) is 0 Å². The zero-order chi connectivity index (χ0) is 10.4. The Hall–Kier alpha value is -1.02. The van der Waals surface area contributed by atoms with Crippen molar-refractivity contribution in [3.63, 3.8) is 0 Å². The summed E-state index contributed by atoms with van der Waals surface area (Å²) in [5.41, 5.74) is 0. The fourth-order valence-electron chi connectivity index (χ4n) is 1.08. The van der Waals surface area contributed by atoms with Gasteiger partial charge in [-0.25, -0.2) is 0 Å². The molecule has 0 saturated carbocycles. The Bertz CT molecular complexity index is 282. The lowest BCUT2D eigenvalue weighted by Gasteiger charge is -2.11. The zero-order valence-electron chi connectivity index (χ0n) is 8.00. The molecule has 0 fully saturated rings. The number of carbonyl (C=O) groups excluding carboxylic acids is 1. The van der Waals surface area contributed by atoms with E-state index in [1.807, 2.05) is 13.2 Å². The summed E-state index contributed by atoms with van der Waals surface area (Å²) in [4.78, 5) is 10.5. The number of hydrogen-bond acceptors (Lipinski definition) is 2. The first-order chi connectivity index (χ1) is 6.76. The van der Waals surface area contributed by atoms with Gasteiger partial charge in [-0.3, -0.25) is 4.79 Å². The van der Waals surface area contributed by atoms with Gasteiger partial charge in [0, 0.05) is 5.02 Å². The third kappa shape index (κ3) is 3.38. The SMILES string of the molecule is CCCC([C]=O)Oc1ccc(Cl)cc1. The molecule has 0 amide bonds. The first-order valence-electron chi connectivity index (χ1n) is 4.56. The predicted octanol–water partition coefficient (Wildman–Crippen LogP) is 3.00. The Morgan fingerprint density at radius 3 is 2.57 bits per heavy atom. The quantitative estimate of drug-likeness (QED) is 0.749. The molecule has 1 rings (SSSR count). The number of ether oxygens (including phenoxy) is 1. The van der Waals surface area contributed by atoms with Gasteiger partial charge in [-0.1, -0.05) is 24.9 Å². The van der Waals surface area contributed by atoms with Gasteiger partial charge in [0.15, 0.2) is 6.10 Å². The van der Waals surface area contributed by atoms with Crippen LogP contribution < -0.4 is 4.74 Å². The molecule has 0 aliphatic carbocycles. The molecular formula is C11H12ClO2. The highest BCUT2D eigenvalue weighted by atomic mass is 35.5. The molecule has 75 valence electrons. The van der Waals surface area contributed by atoms with Crippen molar-refractivity contribution in [1.29, 1.82) is 0 Å². The Morgan fingerprint density at radius 1 is 1.43 bits per heavy atom. The lowest BCUT2D eigenvalue weighted by atomic mass is 10.2. The summed E-state index contributed by atoms with van der Waals surface area (Å²) >= 11 is 5.71. The maximum atomic E-state index is 10.5. The molecule has 0 heterocycles. The maximum absolute atomic E-state index is 10.5. The van der Waals surface area contributed by atoms with E-state index in [4.69, 9.17) is 16.3 Å². The Kier molecular flexibility index (Phi) is 4.47. The molecule has 0 aliphatic rings. The standard InChI is InChI=1S/C11H12ClO2/c1-2-3-11(8-13)14-10-6-4-9(12)5-7-10/h4-7,11H,2-3H2,1H3. The largest absolute Gasteiger partial charge is 0.482 e. The van der Waals surface area contributed by atoms with Crippen LogP contribution in [0.4, 0.5) is 0 Å². The van der Waals surface area contributed by atoms with Gasteiger partial charge in [-0.2, -0.15) is 0 Å². The Labute approximate surface area is 88.8 Å². The van der Waals surface area contributed by atoms with Crippen LogP contribution in [0.5, 0.6) is 5.75 Å². The first-order valence-corrected chi connectivity index (χ1v) is 4.94. The van der Waals surface area contributed by atoms with Crippen LogP contribution >= 0.6 is 11.6 Å². The van der Waals surface area contributed by atoms with E-state index in [9.17, 15) is 4.79 Å². The predicted molar refractivity (Wildman–Crippen MR) is 56.5 cm³/mol. The molecule has 1 unspecified atom stereocenters. The van der Waals surface area contributed by atoms with Crippen LogP contribution in [0.3, 0.4) is 0 Å². The van der Waals surface area contributed by atoms with Crippen molar-refractivity contribution >= 4 is 17.9 Å². The minimum atomic E-state index is -0.471. The molecule has 1 radical (unpaired) electrons. The highest BCUT2D eigenvalue weighted by Gasteiger charge is 2.08. The monoisotopic (exact) mass is 211 g/mol. The molecule has 1 atom stereocenters. The van der Waals surface area contributed by atoms with E-state index in [2.05, 4.69) is 0 Å². The van der Waals surface area contributed by atoms with Crippen molar-refractivity contribution in [3.8, 4) is 5.75 Å². The van der Waals surface area contributed by atoms with Gasteiger partial charge < -0.3 is 4.74 Å². The Morgan fingerprint density at radius 2 is 2.07 bits per heavy atom. The van der Waals surface area contributed by atoms with Gasteiger partial charge in [-0.15, -0.1) is 0 Å². The van der Waals surface area contributed by atoms with Crippen molar-refractivity contribution in [1.82, 2.24) is 0 Å². The summed E-state index contributed by atoms with van der Waals surface area (Å²) in [5.74, 6) is 0.649. The van der Waals surface area contributed by atoms with Crippen molar-refractivity contribution < 1.29 is 9.53 Å². The van der Waals surface area contributed by atoms with Gasteiger partial charge >= 0.3 is 0 Å². The fraction of sp³-hybridized carbons (Fsp3) is 0.364. The Balaban J connectivity index is 2.57.